The average Bonchev–Trinajstić information content (AvgIpc) is 3.22. The smallest absolute Gasteiger partial charge is 0.341 e. The second-order valence-corrected chi connectivity index (χ2v) is 9.12. The Hall–Kier alpha value is -3.28. The van der Waals surface area contributed by atoms with Crippen LogP contribution in [0.4, 0.5) is 10.7 Å². The minimum atomic E-state index is -0.768. The summed E-state index contributed by atoms with van der Waals surface area (Å²) in [5, 5.41) is 18.1. The third-order valence-corrected chi connectivity index (χ3v) is 6.35. The second-order valence-electron chi connectivity index (χ2n) is 8.01. The highest BCUT2D eigenvalue weighted by Crippen LogP contribution is 2.38. The molecule has 12 heteroatoms. The number of nitrogens with one attached hydrogen (secondary N) is 1. The summed E-state index contributed by atoms with van der Waals surface area (Å²) in [5.74, 6) is -1.85. The first kappa shape index (κ1) is 24.4. The molecule has 0 spiro atoms. The highest BCUT2D eigenvalue weighted by atomic mass is 32.1. The predicted molar refractivity (Wildman–Crippen MR) is 119 cm³/mol. The zero-order valence-electron chi connectivity index (χ0n) is 18.9. The number of carbonyl (C=O) groups excluding carboxylic acids is 3. The van der Waals surface area contributed by atoms with Crippen molar-refractivity contribution in [1.29, 1.82) is 0 Å². The van der Waals surface area contributed by atoms with E-state index in [1.54, 1.807) is 13.8 Å². The normalized spacial score (nSPS) is 12.9. The van der Waals surface area contributed by atoms with Crippen LogP contribution in [0.5, 0.6) is 0 Å². The van der Waals surface area contributed by atoms with Crippen LogP contribution in [0.1, 0.15) is 58.9 Å². The van der Waals surface area contributed by atoms with Gasteiger partial charge in [0.1, 0.15) is 22.9 Å². The summed E-state index contributed by atoms with van der Waals surface area (Å²) in [5.41, 5.74) is 1.53. The van der Waals surface area contributed by atoms with Gasteiger partial charge in [0.2, 0.25) is 0 Å². The van der Waals surface area contributed by atoms with Gasteiger partial charge in [-0.1, -0.05) is 0 Å². The van der Waals surface area contributed by atoms with Crippen molar-refractivity contribution in [2.75, 3.05) is 11.9 Å². The Morgan fingerprint density at radius 2 is 1.94 bits per heavy atom. The number of rotatable bonds is 8. The van der Waals surface area contributed by atoms with Crippen LogP contribution in [-0.2, 0) is 38.4 Å². The number of esters is 2. The lowest BCUT2D eigenvalue weighted by atomic mass is 9.95. The van der Waals surface area contributed by atoms with E-state index in [4.69, 9.17) is 9.47 Å². The van der Waals surface area contributed by atoms with Gasteiger partial charge in [-0.2, -0.15) is 5.10 Å². The summed E-state index contributed by atoms with van der Waals surface area (Å²) in [7, 11) is 0. The highest BCUT2D eigenvalue weighted by Gasteiger charge is 2.28. The zero-order chi connectivity index (χ0) is 24.3. The molecule has 11 nitrogen and oxygen atoms in total. The number of aromatic nitrogens is 2. The molecule has 33 heavy (non-hydrogen) atoms. The number of fused-ring (bicyclic) bond motifs is 1. The van der Waals surface area contributed by atoms with Crippen molar-refractivity contribution in [3.8, 4) is 0 Å². The molecule has 0 bridgehead atoms. The molecule has 1 amide bonds. The van der Waals surface area contributed by atoms with Crippen LogP contribution in [0, 0.1) is 24.0 Å². The van der Waals surface area contributed by atoms with Crippen LogP contribution in [0.2, 0.25) is 0 Å². The van der Waals surface area contributed by atoms with E-state index in [1.807, 2.05) is 0 Å². The summed E-state index contributed by atoms with van der Waals surface area (Å²) in [6.07, 6.45) is 3.25. The fraction of sp³-hybridized carbons (Fsp3) is 0.524. The van der Waals surface area contributed by atoms with Crippen LogP contribution in [0.25, 0.3) is 0 Å². The maximum absolute atomic E-state index is 12.7. The molecular formula is C21H26N4O7S. The monoisotopic (exact) mass is 478 g/mol. The molecule has 0 saturated heterocycles. The SMILES string of the molecule is Cc1nn(CC(=O)OCC(=O)Nc2sc3c(c2C(=O)OC(C)C)CCCC3)c(C)c1[N+](=O)[O-]. The average molecular weight is 479 g/mol. The van der Waals surface area contributed by atoms with Crippen molar-refractivity contribution in [2.24, 2.45) is 0 Å². The van der Waals surface area contributed by atoms with Crippen molar-refractivity contribution in [3.63, 3.8) is 0 Å². The molecule has 1 N–H and O–H groups in total. The molecular weight excluding hydrogens is 452 g/mol. The third kappa shape index (κ3) is 5.56. The lowest BCUT2D eigenvalue weighted by Gasteiger charge is -2.14. The zero-order valence-corrected chi connectivity index (χ0v) is 19.7. The number of amides is 1. The Bertz CT molecular complexity index is 1100. The maximum Gasteiger partial charge on any atom is 0.341 e. The van der Waals surface area contributed by atoms with Crippen LogP contribution < -0.4 is 5.32 Å². The number of thiophene rings is 1. The molecule has 0 aromatic carbocycles. The van der Waals surface area contributed by atoms with E-state index in [0.29, 0.717) is 10.6 Å². The van der Waals surface area contributed by atoms with Gasteiger partial charge in [-0.3, -0.25) is 24.4 Å². The molecule has 0 aliphatic heterocycles. The second kappa shape index (κ2) is 10.1. The first-order valence-corrected chi connectivity index (χ1v) is 11.4. The lowest BCUT2D eigenvalue weighted by Crippen LogP contribution is -2.24. The van der Waals surface area contributed by atoms with Crippen LogP contribution in [0.3, 0.4) is 0 Å². The Balaban J connectivity index is 1.65. The van der Waals surface area contributed by atoms with Gasteiger partial charge in [0.25, 0.3) is 5.91 Å². The van der Waals surface area contributed by atoms with Gasteiger partial charge < -0.3 is 14.8 Å². The predicted octanol–water partition coefficient (Wildman–Crippen LogP) is 3.10. The first-order chi connectivity index (χ1) is 15.6. The molecule has 0 radical (unpaired) electrons. The standard InChI is InChI=1S/C21H26N4O7S/c1-11(2)32-21(28)18-14-7-5-6-8-15(14)33-20(18)22-16(26)10-31-17(27)9-24-13(4)19(25(29)30)12(3)23-24/h11H,5-10H2,1-4H3,(H,22,26). The van der Waals surface area contributed by atoms with Crippen molar-refractivity contribution in [2.45, 2.75) is 66.0 Å². The van der Waals surface area contributed by atoms with E-state index in [1.165, 1.54) is 29.9 Å². The minimum Gasteiger partial charge on any atom is -0.459 e. The number of aryl methyl sites for hydroxylation is 2. The van der Waals surface area contributed by atoms with Crippen molar-refractivity contribution >= 4 is 39.9 Å². The Labute approximate surface area is 194 Å². The fourth-order valence-electron chi connectivity index (χ4n) is 3.73. The molecule has 0 unspecified atom stereocenters. The Morgan fingerprint density at radius 1 is 1.24 bits per heavy atom. The number of ether oxygens (including phenoxy) is 2. The van der Waals surface area contributed by atoms with Gasteiger partial charge in [0.05, 0.1) is 16.6 Å². The quantitative estimate of drug-likeness (QED) is 0.346. The van der Waals surface area contributed by atoms with Crippen molar-refractivity contribution < 1.29 is 28.8 Å². The lowest BCUT2D eigenvalue weighted by molar-refractivity contribution is -0.386. The fourth-order valence-corrected chi connectivity index (χ4v) is 5.02. The summed E-state index contributed by atoms with van der Waals surface area (Å²) in [6.45, 7) is 5.53. The summed E-state index contributed by atoms with van der Waals surface area (Å²) in [6, 6.07) is 0. The summed E-state index contributed by atoms with van der Waals surface area (Å²) < 4.78 is 11.5. The topological polar surface area (TPSA) is 143 Å². The molecule has 3 rings (SSSR count). The minimum absolute atomic E-state index is 0.164. The van der Waals surface area contributed by atoms with Gasteiger partial charge in [0.15, 0.2) is 6.61 Å². The third-order valence-electron chi connectivity index (χ3n) is 5.14. The molecule has 2 aromatic heterocycles. The van der Waals surface area contributed by atoms with E-state index < -0.39 is 29.4 Å². The van der Waals surface area contributed by atoms with E-state index in [2.05, 4.69) is 10.4 Å². The number of nitrogens with zero attached hydrogens (tertiary/aromatic N) is 3. The van der Waals surface area contributed by atoms with Gasteiger partial charge >= 0.3 is 17.6 Å². The van der Waals surface area contributed by atoms with Crippen LogP contribution in [-0.4, -0.2) is 45.3 Å². The molecule has 0 saturated carbocycles. The molecule has 1 aliphatic carbocycles. The van der Waals surface area contributed by atoms with Crippen LogP contribution >= 0.6 is 11.3 Å². The van der Waals surface area contributed by atoms with E-state index >= 15 is 0 Å². The number of carbonyl (C=O) groups is 3. The molecule has 0 atom stereocenters. The Morgan fingerprint density at radius 3 is 2.58 bits per heavy atom. The van der Waals surface area contributed by atoms with Gasteiger partial charge in [-0.05, 0) is 58.9 Å². The van der Waals surface area contributed by atoms with Crippen LogP contribution in [0.15, 0.2) is 0 Å². The summed E-state index contributed by atoms with van der Waals surface area (Å²) >= 11 is 1.34. The number of hydrogen-bond donors (Lipinski definition) is 1. The van der Waals surface area contributed by atoms with E-state index in [9.17, 15) is 24.5 Å². The van der Waals surface area contributed by atoms with Crippen molar-refractivity contribution in [1.82, 2.24) is 9.78 Å². The largest absolute Gasteiger partial charge is 0.459 e. The molecule has 178 valence electrons. The molecule has 0 fully saturated rings. The van der Waals surface area contributed by atoms with Gasteiger partial charge in [0, 0.05) is 4.88 Å². The molecule has 2 aromatic rings. The highest BCUT2D eigenvalue weighted by molar-refractivity contribution is 7.17. The summed E-state index contributed by atoms with van der Waals surface area (Å²) in [4.78, 5) is 48.9. The van der Waals surface area contributed by atoms with E-state index in [-0.39, 0.29) is 29.7 Å². The van der Waals surface area contributed by atoms with E-state index in [0.717, 1.165) is 36.1 Å². The number of hydrogen-bond acceptors (Lipinski definition) is 9. The number of anilines is 1. The number of nitro groups is 1. The molecule has 1 aliphatic rings. The van der Waals surface area contributed by atoms with Gasteiger partial charge in [-0.25, -0.2) is 4.79 Å². The van der Waals surface area contributed by atoms with Crippen molar-refractivity contribution in [3.05, 3.63) is 37.5 Å². The first-order valence-electron chi connectivity index (χ1n) is 10.6. The maximum atomic E-state index is 12.7. The van der Waals surface area contributed by atoms with Gasteiger partial charge in [-0.15, -0.1) is 11.3 Å². The molecule has 2 heterocycles. The Kier molecular flexibility index (Phi) is 7.46.